The van der Waals surface area contributed by atoms with Crippen molar-refractivity contribution in [2.24, 2.45) is 0 Å². The first kappa shape index (κ1) is 22.5. The van der Waals surface area contributed by atoms with E-state index in [0.717, 1.165) is 0 Å². The van der Waals surface area contributed by atoms with Gasteiger partial charge in [0.25, 0.3) is 0 Å². The van der Waals surface area contributed by atoms with Crippen molar-refractivity contribution in [1.82, 2.24) is 0 Å². The van der Waals surface area contributed by atoms with Gasteiger partial charge in [-0.1, -0.05) is 0 Å². The van der Waals surface area contributed by atoms with Crippen molar-refractivity contribution in [2.75, 3.05) is 0 Å². The maximum atomic E-state index is 8.55. The Hall–Kier alpha value is 1.86. The van der Waals surface area contributed by atoms with E-state index in [0.29, 0.717) is 0 Å². The molecule has 5 nitrogen and oxygen atoms in total. The van der Waals surface area contributed by atoms with Crippen LogP contribution in [0.2, 0.25) is 0 Å². The first-order chi connectivity index (χ1) is 2.00. The number of phosphoric acid groups is 1. The third-order valence-corrected chi connectivity index (χ3v) is 0. The monoisotopic (exact) mass is 442 g/mol. The summed E-state index contributed by atoms with van der Waals surface area (Å²) in [4.78, 5) is 25.6. The molecule has 0 saturated carbocycles. The van der Waals surface area contributed by atoms with Crippen LogP contribution in [0.4, 0.5) is 0 Å². The van der Waals surface area contributed by atoms with Gasteiger partial charge in [-0.15, -0.1) is 0 Å². The molecule has 0 atom stereocenters. The molecule has 0 rings (SSSR count). The summed E-state index contributed by atoms with van der Waals surface area (Å²) in [6.07, 6.45) is 0. The van der Waals surface area contributed by atoms with Crippen LogP contribution in [-0.4, -0.2) is 0 Å². The molecule has 0 aliphatic heterocycles. The van der Waals surface area contributed by atoms with Gasteiger partial charge in [0.2, 0.25) is 0 Å². The second kappa shape index (κ2) is 8.86. The van der Waals surface area contributed by atoms with Crippen molar-refractivity contribution in [3.05, 3.63) is 0 Å². The average Bonchev–Trinajstić information content (AvgIpc) is 0.722. The molecular weight excluding hydrogens is 442 g/mol. The molecule has 0 heterocycles. The van der Waals surface area contributed by atoms with Gasteiger partial charge in [-0.2, -0.15) is 7.82 Å². The Morgan fingerprint density at radius 2 is 1.12 bits per heavy atom. The summed E-state index contributed by atoms with van der Waals surface area (Å²) in [6.45, 7) is 0. The van der Waals surface area contributed by atoms with Gasteiger partial charge in [0, 0.05) is 31.1 Å². The minimum Gasteiger partial charge on any atom is -2.00 e. The van der Waals surface area contributed by atoms with Crippen LogP contribution >= 0.6 is 7.82 Å². The second-order valence-electron chi connectivity index (χ2n) is 0.447. The van der Waals surface area contributed by atoms with Gasteiger partial charge in [0.1, 0.15) is 0 Å². The van der Waals surface area contributed by atoms with Gasteiger partial charge in [-0.3, -0.25) is 0 Å². The largest absolute Gasteiger partial charge is 5.00 e. The van der Waals surface area contributed by atoms with Crippen LogP contribution in [0.1, 0.15) is 0 Å². The summed E-state index contributed by atoms with van der Waals surface area (Å²) in [5.74, 6) is 0. The quantitative estimate of drug-likeness (QED) is 0.295. The number of hydrogen-bond donors (Lipinski definition) is 0. The third kappa shape index (κ3) is 107. The summed E-state index contributed by atoms with van der Waals surface area (Å²) >= 11 is 0. The van der Waals surface area contributed by atoms with E-state index in [9.17, 15) is 0 Å². The molecule has 0 aliphatic rings. The van der Waals surface area contributed by atoms with Gasteiger partial charge in [-0.25, -0.2) is 0 Å². The standard InChI is InChI=1S/Nb.H3O4P.O.U/c;1-5(2,3)4;;/h;(H3,1,2,3,4);;/q+5;;-2;/p-3. The minimum atomic E-state index is -5.39. The van der Waals surface area contributed by atoms with Crippen molar-refractivity contribution in [3.63, 3.8) is 0 Å². The normalized spacial score (nSPS) is 7.38. The van der Waals surface area contributed by atoms with E-state index in [2.05, 4.69) is 0 Å². The summed E-state index contributed by atoms with van der Waals surface area (Å²) in [5.41, 5.74) is 0. The Bertz CT molecular complexity index is 58.6. The smallest absolute Gasteiger partial charge is 2.00 e. The predicted octanol–water partition coefficient (Wildman–Crippen LogP) is -2.95. The van der Waals surface area contributed by atoms with Gasteiger partial charge in [0.05, 0.1) is 0 Å². The van der Waals surface area contributed by atoms with E-state index in [1.54, 1.807) is 0 Å². The van der Waals surface area contributed by atoms with E-state index in [-0.39, 0.29) is 59.0 Å². The molecule has 0 aromatic heterocycles. The molecule has 44 valence electrons. The average molecular weight is 442 g/mol. The molecule has 0 spiro atoms. The summed E-state index contributed by atoms with van der Waals surface area (Å²) in [7, 11) is -5.39. The Morgan fingerprint density at radius 3 is 1.12 bits per heavy atom. The van der Waals surface area contributed by atoms with E-state index in [1.807, 2.05) is 0 Å². The van der Waals surface area contributed by atoms with Crippen LogP contribution < -0.4 is 14.7 Å². The molecule has 0 aromatic carbocycles. The van der Waals surface area contributed by atoms with E-state index >= 15 is 0 Å². The fraction of sp³-hybridized carbons (Fsp3) is 0. The molecule has 0 aromatic rings. The zero-order chi connectivity index (χ0) is 4.50. The molecule has 0 radical (unpaired) electrons. The number of rotatable bonds is 0. The fourth-order valence-corrected chi connectivity index (χ4v) is 0. The van der Waals surface area contributed by atoms with Crippen molar-refractivity contribution in [2.45, 2.75) is 0 Å². The van der Waals surface area contributed by atoms with Crippen LogP contribution in [0.5, 0.6) is 0 Å². The van der Waals surface area contributed by atoms with Gasteiger partial charge < -0.3 is 24.7 Å². The van der Waals surface area contributed by atoms with Crippen LogP contribution in [-0.2, 0) is 32.4 Å². The zero-order valence-electron chi connectivity index (χ0n) is 3.44. The van der Waals surface area contributed by atoms with Crippen molar-refractivity contribution >= 4 is 7.82 Å². The van der Waals surface area contributed by atoms with Gasteiger partial charge >= 0.3 is 22.4 Å². The van der Waals surface area contributed by atoms with Crippen LogP contribution in [0.25, 0.3) is 0 Å². The van der Waals surface area contributed by atoms with E-state index in [4.69, 9.17) is 19.2 Å². The molecular formula is NbO5PU. The second-order valence-corrected chi connectivity index (χ2v) is 1.34. The Kier molecular flexibility index (Phi) is 25.0. The Balaban J connectivity index is -0.0000000267. The summed E-state index contributed by atoms with van der Waals surface area (Å²) in [6, 6.07) is 0. The molecule has 0 N–H and O–H groups in total. The fourth-order valence-electron chi connectivity index (χ4n) is 0. The van der Waals surface area contributed by atoms with E-state index < -0.39 is 7.82 Å². The zero-order valence-corrected chi connectivity index (χ0v) is 10.7. The molecule has 0 aliphatic carbocycles. The number of hydrogen-bond acceptors (Lipinski definition) is 4. The van der Waals surface area contributed by atoms with Crippen LogP contribution in [0, 0.1) is 31.1 Å². The first-order valence-corrected chi connectivity index (χ1v) is 2.19. The molecule has 0 unspecified atom stereocenters. The SMILES string of the molecule is O=P([O-])([O-])[O-].[Nb+5].[O-2].[U]. The summed E-state index contributed by atoms with van der Waals surface area (Å²) < 4.78 is 8.55. The maximum absolute atomic E-state index is 8.55. The van der Waals surface area contributed by atoms with Crippen molar-refractivity contribution in [3.8, 4) is 0 Å². The molecule has 0 saturated heterocycles. The Morgan fingerprint density at radius 1 is 1.12 bits per heavy atom. The van der Waals surface area contributed by atoms with Gasteiger partial charge in [-0.05, 0) is 0 Å². The minimum absolute atomic E-state index is 0. The first-order valence-electron chi connectivity index (χ1n) is 0.730. The van der Waals surface area contributed by atoms with Crippen LogP contribution in [0.15, 0.2) is 0 Å². The molecule has 8 heavy (non-hydrogen) atoms. The van der Waals surface area contributed by atoms with Crippen LogP contribution in [0.3, 0.4) is 0 Å². The topological polar surface area (TPSA) is 115 Å². The maximum Gasteiger partial charge on any atom is 5.00 e. The van der Waals surface area contributed by atoms with E-state index in [1.165, 1.54) is 0 Å². The van der Waals surface area contributed by atoms with Gasteiger partial charge in [0.15, 0.2) is 0 Å². The molecule has 0 amide bonds. The third-order valence-electron chi connectivity index (χ3n) is 0. The van der Waals surface area contributed by atoms with Crippen molar-refractivity contribution in [1.29, 1.82) is 0 Å². The Labute approximate surface area is 85.3 Å². The predicted molar refractivity (Wildman–Crippen MR) is 8.29 cm³/mol. The molecule has 0 bridgehead atoms. The molecule has 8 heteroatoms. The molecule has 0 fully saturated rings. The van der Waals surface area contributed by atoms with Crippen molar-refractivity contribution < 1.29 is 78.2 Å². The summed E-state index contributed by atoms with van der Waals surface area (Å²) in [5, 5.41) is 0.